The molecule has 0 saturated carbocycles. The van der Waals surface area contributed by atoms with Gasteiger partial charge in [-0.1, -0.05) is 12.1 Å². The van der Waals surface area contributed by atoms with Gasteiger partial charge in [0.25, 0.3) is 0 Å². The zero-order chi connectivity index (χ0) is 16.8. The second kappa shape index (κ2) is 7.74. The first-order valence-electron chi connectivity index (χ1n) is 6.21. The van der Waals surface area contributed by atoms with Crippen LogP contribution >= 0.6 is 0 Å². The number of nitrogens with one attached hydrogen (secondary N) is 2. The number of aliphatic hydroxyl groups is 1. The summed E-state index contributed by atoms with van der Waals surface area (Å²) in [6, 6.07) is 4.99. The fourth-order valence-electron chi connectivity index (χ4n) is 1.52. The maximum Gasteiger partial charge on any atom is 0.405 e. The molecule has 0 radical (unpaired) electrons. The second-order valence-corrected chi connectivity index (χ2v) is 4.44. The molecule has 1 aromatic carbocycles. The van der Waals surface area contributed by atoms with Crippen LogP contribution in [0.5, 0.6) is 0 Å². The highest BCUT2D eigenvalue weighted by atomic mass is 19.4. The summed E-state index contributed by atoms with van der Waals surface area (Å²) >= 11 is 0. The molecule has 122 valence electrons. The quantitative estimate of drug-likeness (QED) is 0.685. The summed E-state index contributed by atoms with van der Waals surface area (Å²) in [4.78, 5) is 22.5. The average Bonchev–Trinajstić information content (AvgIpc) is 2.42. The summed E-state index contributed by atoms with van der Waals surface area (Å²) in [5, 5.41) is 13.4. The molecule has 3 N–H and O–H groups in total. The number of benzene rings is 1. The molecule has 0 aliphatic carbocycles. The van der Waals surface area contributed by atoms with Crippen LogP contribution in [0.1, 0.15) is 18.1 Å². The molecule has 0 aliphatic rings. The lowest BCUT2D eigenvalue weighted by molar-refractivity contribution is -0.138. The first-order chi connectivity index (χ1) is 10.2. The molecular formula is C13H14F4N2O3. The van der Waals surface area contributed by atoms with Crippen molar-refractivity contribution in [3.8, 4) is 0 Å². The minimum Gasteiger partial charge on any atom is -0.388 e. The van der Waals surface area contributed by atoms with Crippen molar-refractivity contribution in [3.63, 3.8) is 0 Å². The highest BCUT2D eigenvalue weighted by Gasteiger charge is 2.27. The topological polar surface area (TPSA) is 78.4 Å². The van der Waals surface area contributed by atoms with Gasteiger partial charge in [0.05, 0.1) is 19.1 Å². The molecule has 2 amide bonds. The summed E-state index contributed by atoms with van der Waals surface area (Å²) < 4.78 is 48.5. The fourth-order valence-corrected chi connectivity index (χ4v) is 1.52. The lowest BCUT2D eigenvalue weighted by Crippen LogP contribution is -2.41. The zero-order valence-electron chi connectivity index (χ0n) is 11.3. The molecule has 0 heterocycles. The molecule has 0 aliphatic heterocycles. The molecule has 1 unspecified atom stereocenters. The molecule has 22 heavy (non-hydrogen) atoms. The van der Waals surface area contributed by atoms with E-state index in [-0.39, 0.29) is 5.56 Å². The number of hydrogen-bond donors (Lipinski definition) is 3. The molecule has 0 fully saturated rings. The Morgan fingerprint density at radius 3 is 2.45 bits per heavy atom. The van der Waals surface area contributed by atoms with Gasteiger partial charge in [-0.15, -0.1) is 0 Å². The SMILES string of the molecule is O=C(CNC(=O)CC(O)c1cccc(F)c1)NCC(F)(F)F. The van der Waals surface area contributed by atoms with Gasteiger partial charge < -0.3 is 15.7 Å². The van der Waals surface area contributed by atoms with Crippen LogP contribution in [-0.2, 0) is 9.59 Å². The molecule has 0 aromatic heterocycles. The number of hydrogen-bond acceptors (Lipinski definition) is 3. The fraction of sp³-hybridized carbons (Fsp3) is 0.385. The van der Waals surface area contributed by atoms with Crippen LogP contribution in [0.4, 0.5) is 17.6 Å². The molecule has 1 atom stereocenters. The van der Waals surface area contributed by atoms with Crippen LogP contribution in [0.2, 0.25) is 0 Å². The Morgan fingerprint density at radius 1 is 1.18 bits per heavy atom. The van der Waals surface area contributed by atoms with Crippen LogP contribution in [0.3, 0.4) is 0 Å². The van der Waals surface area contributed by atoms with Gasteiger partial charge in [0, 0.05) is 0 Å². The van der Waals surface area contributed by atoms with E-state index in [1.54, 1.807) is 5.32 Å². The third kappa shape index (κ3) is 7.02. The maximum absolute atomic E-state index is 12.9. The smallest absolute Gasteiger partial charge is 0.388 e. The van der Waals surface area contributed by atoms with E-state index in [0.717, 1.165) is 6.07 Å². The number of alkyl halides is 3. The Kier molecular flexibility index (Phi) is 6.29. The standard InChI is InChI=1S/C13H14F4N2O3/c14-9-3-1-2-8(4-9)10(20)5-11(21)18-6-12(22)19-7-13(15,16)17/h1-4,10,20H,5-7H2,(H,18,21)(H,19,22). The summed E-state index contributed by atoms with van der Waals surface area (Å²) in [5.41, 5.74) is 0.177. The van der Waals surface area contributed by atoms with E-state index in [9.17, 15) is 32.3 Å². The van der Waals surface area contributed by atoms with Crippen LogP contribution in [0.25, 0.3) is 0 Å². The van der Waals surface area contributed by atoms with Crippen molar-refractivity contribution in [1.82, 2.24) is 10.6 Å². The van der Waals surface area contributed by atoms with E-state index in [2.05, 4.69) is 5.32 Å². The minimum absolute atomic E-state index is 0.177. The van der Waals surface area contributed by atoms with Crippen LogP contribution in [0, 0.1) is 5.82 Å². The van der Waals surface area contributed by atoms with E-state index in [0.29, 0.717) is 0 Å². The molecular weight excluding hydrogens is 308 g/mol. The van der Waals surface area contributed by atoms with Crippen molar-refractivity contribution in [2.24, 2.45) is 0 Å². The Labute approximate surface area is 123 Å². The average molecular weight is 322 g/mol. The highest BCUT2D eigenvalue weighted by molar-refractivity contribution is 5.84. The number of aliphatic hydroxyl groups excluding tert-OH is 1. The van der Waals surface area contributed by atoms with Gasteiger partial charge in [0.2, 0.25) is 11.8 Å². The number of rotatable bonds is 6. The van der Waals surface area contributed by atoms with Crippen molar-refractivity contribution >= 4 is 11.8 Å². The van der Waals surface area contributed by atoms with Gasteiger partial charge in [-0.25, -0.2) is 4.39 Å². The molecule has 9 heteroatoms. The van der Waals surface area contributed by atoms with Crippen molar-refractivity contribution in [2.75, 3.05) is 13.1 Å². The zero-order valence-corrected chi connectivity index (χ0v) is 11.3. The van der Waals surface area contributed by atoms with Crippen LogP contribution in [-0.4, -0.2) is 36.2 Å². The summed E-state index contributed by atoms with van der Waals surface area (Å²) in [5.74, 6) is -2.34. The lowest BCUT2D eigenvalue weighted by atomic mass is 10.1. The highest BCUT2D eigenvalue weighted by Crippen LogP contribution is 2.17. The maximum atomic E-state index is 12.9. The van der Waals surface area contributed by atoms with E-state index < -0.39 is 49.4 Å². The second-order valence-electron chi connectivity index (χ2n) is 4.44. The summed E-state index contributed by atoms with van der Waals surface area (Å²) in [6.07, 6.45) is -6.27. The number of amides is 2. The summed E-state index contributed by atoms with van der Waals surface area (Å²) in [7, 11) is 0. The van der Waals surface area contributed by atoms with Gasteiger partial charge >= 0.3 is 6.18 Å². The van der Waals surface area contributed by atoms with E-state index in [1.165, 1.54) is 18.2 Å². The molecule has 1 aromatic rings. The number of halogens is 4. The van der Waals surface area contributed by atoms with Crippen molar-refractivity contribution < 1.29 is 32.3 Å². The van der Waals surface area contributed by atoms with E-state index in [4.69, 9.17) is 0 Å². The lowest BCUT2D eigenvalue weighted by Gasteiger charge is -2.12. The largest absolute Gasteiger partial charge is 0.405 e. The Bertz CT molecular complexity index is 534. The molecule has 0 bridgehead atoms. The van der Waals surface area contributed by atoms with E-state index in [1.807, 2.05) is 0 Å². The van der Waals surface area contributed by atoms with Gasteiger partial charge in [-0.05, 0) is 17.7 Å². The van der Waals surface area contributed by atoms with Crippen LogP contribution < -0.4 is 10.6 Å². The van der Waals surface area contributed by atoms with Crippen molar-refractivity contribution in [3.05, 3.63) is 35.6 Å². The number of carbonyl (C=O) groups excluding carboxylic acids is 2. The van der Waals surface area contributed by atoms with Gasteiger partial charge in [-0.3, -0.25) is 9.59 Å². The predicted octanol–water partition coefficient (Wildman–Crippen LogP) is 1.04. The van der Waals surface area contributed by atoms with Crippen LogP contribution in [0.15, 0.2) is 24.3 Å². The van der Waals surface area contributed by atoms with E-state index >= 15 is 0 Å². The molecule has 0 saturated heterocycles. The first kappa shape index (κ1) is 17.9. The Hall–Kier alpha value is -2.16. The third-order valence-corrected chi connectivity index (χ3v) is 2.54. The first-order valence-corrected chi connectivity index (χ1v) is 6.21. The summed E-state index contributed by atoms with van der Waals surface area (Å²) in [6.45, 7) is -2.14. The molecule has 0 spiro atoms. The van der Waals surface area contributed by atoms with Gasteiger partial charge in [0.1, 0.15) is 12.4 Å². The van der Waals surface area contributed by atoms with Gasteiger partial charge in [-0.2, -0.15) is 13.2 Å². The minimum atomic E-state index is -4.53. The Morgan fingerprint density at radius 2 is 1.86 bits per heavy atom. The number of carbonyl (C=O) groups is 2. The molecule has 1 rings (SSSR count). The predicted molar refractivity (Wildman–Crippen MR) is 68.1 cm³/mol. The van der Waals surface area contributed by atoms with Crippen molar-refractivity contribution in [1.29, 1.82) is 0 Å². The normalized spacial score (nSPS) is 12.6. The third-order valence-electron chi connectivity index (χ3n) is 2.54. The van der Waals surface area contributed by atoms with Gasteiger partial charge in [0.15, 0.2) is 0 Å². The van der Waals surface area contributed by atoms with Crippen molar-refractivity contribution in [2.45, 2.75) is 18.7 Å². The Balaban J connectivity index is 2.35. The monoisotopic (exact) mass is 322 g/mol. The molecule has 5 nitrogen and oxygen atoms in total.